The highest BCUT2D eigenvalue weighted by molar-refractivity contribution is 6.32. The number of amides is 1. The number of aromatic nitrogens is 3. The van der Waals surface area contributed by atoms with Crippen LogP contribution in [0.25, 0.3) is 0 Å². The Morgan fingerprint density at radius 1 is 1.34 bits per heavy atom. The van der Waals surface area contributed by atoms with Gasteiger partial charge in [0, 0.05) is 18.3 Å². The number of para-hydroxylation sites is 1. The number of aromatic hydroxyl groups is 1. The molecular weight excluding hydrogens is 472 g/mol. The zero-order valence-electron chi connectivity index (χ0n) is 20.3. The highest BCUT2D eigenvalue weighted by atomic mass is 35.5. The number of nitrogens with zero attached hydrogens (tertiary/aromatic N) is 3. The van der Waals surface area contributed by atoms with Gasteiger partial charge in [0.2, 0.25) is 5.91 Å². The topological polar surface area (TPSA) is 99.8 Å². The number of carbonyl (C=O) groups excluding carboxylic acids is 1. The summed E-state index contributed by atoms with van der Waals surface area (Å²) in [4.78, 5) is 13.3. The lowest BCUT2D eigenvalue weighted by molar-refractivity contribution is -0.139. The monoisotopic (exact) mass is 502 g/mol. The first-order valence-electron chi connectivity index (χ1n) is 11.6. The molecule has 3 aromatic rings. The molecule has 0 radical (unpaired) electrons. The number of anilines is 1. The number of halogens is 1. The van der Waals surface area contributed by atoms with Crippen molar-refractivity contribution in [3.63, 3.8) is 0 Å². The summed E-state index contributed by atoms with van der Waals surface area (Å²) in [5.74, 6) is 0.471. The van der Waals surface area contributed by atoms with E-state index in [1.807, 2.05) is 27.7 Å². The van der Waals surface area contributed by atoms with E-state index in [4.69, 9.17) is 25.8 Å². The van der Waals surface area contributed by atoms with Gasteiger partial charge in [0.15, 0.2) is 17.5 Å². The zero-order chi connectivity index (χ0) is 25.2. The van der Waals surface area contributed by atoms with Gasteiger partial charge in [-0.25, -0.2) is 0 Å². The van der Waals surface area contributed by atoms with Crippen LogP contribution in [0.15, 0.2) is 48.8 Å². The van der Waals surface area contributed by atoms with Crippen molar-refractivity contribution in [1.82, 2.24) is 14.3 Å². The second-order valence-corrected chi connectivity index (χ2v) is 9.89. The minimum atomic E-state index is -0.670. The maximum absolute atomic E-state index is 13.3. The fraction of sp³-hybridized carbons (Fsp3) is 0.440. The Labute approximate surface area is 209 Å². The Morgan fingerprint density at radius 2 is 2.11 bits per heavy atom. The summed E-state index contributed by atoms with van der Waals surface area (Å²) < 4.78 is 20.5. The molecule has 35 heavy (non-hydrogen) atoms. The average molecular weight is 503 g/mol. The lowest BCUT2D eigenvalue weighted by Gasteiger charge is -2.20. The molecule has 2 atom stereocenters. The third-order valence-corrected chi connectivity index (χ3v) is 5.86. The van der Waals surface area contributed by atoms with E-state index in [-0.39, 0.29) is 23.8 Å². The summed E-state index contributed by atoms with van der Waals surface area (Å²) in [6.45, 7) is 8.77. The van der Waals surface area contributed by atoms with Gasteiger partial charge in [-0.05, 0) is 38.3 Å². The van der Waals surface area contributed by atoms with E-state index < -0.39 is 11.8 Å². The molecule has 0 spiro atoms. The van der Waals surface area contributed by atoms with Gasteiger partial charge in [-0.15, -0.1) is 0 Å². The molecule has 1 aliphatic rings. The van der Waals surface area contributed by atoms with Gasteiger partial charge in [-0.3, -0.25) is 9.48 Å². The molecule has 1 fully saturated rings. The minimum absolute atomic E-state index is 0.0839. The molecule has 2 aromatic heterocycles. The molecule has 4 rings (SSSR count). The summed E-state index contributed by atoms with van der Waals surface area (Å²) in [6.07, 6.45) is 3.77. The Bertz CT molecular complexity index is 1170. The zero-order valence-corrected chi connectivity index (χ0v) is 21.0. The van der Waals surface area contributed by atoms with Gasteiger partial charge in [0.05, 0.1) is 24.4 Å². The van der Waals surface area contributed by atoms with Gasteiger partial charge < -0.3 is 29.2 Å². The predicted octanol–water partition coefficient (Wildman–Crippen LogP) is 5.21. The molecular formula is C25H31ClN4O5. The van der Waals surface area contributed by atoms with Crippen LogP contribution < -0.4 is 10.1 Å². The Balaban J connectivity index is 1.46. The van der Waals surface area contributed by atoms with Crippen LogP contribution >= 0.6 is 11.6 Å². The minimum Gasteiger partial charge on any atom is -0.494 e. The van der Waals surface area contributed by atoms with Crippen molar-refractivity contribution in [1.29, 1.82) is 0 Å². The van der Waals surface area contributed by atoms with Gasteiger partial charge in [-0.2, -0.15) is 5.10 Å². The Kier molecular flexibility index (Phi) is 7.39. The molecule has 2 N–H and O–H groups in total. The van der Waals surface area contributed by atoms with E-state index in [0.29, 0.717) is 41.9 Å². The number of benzene rings is 1. The molecule has 1 aromatic carbocycles. The van der Waals surface area contributed by atoms with Crippen molar-refractivity contribution < 1.29 is 24.1 Å². The van der Waals surface area contributed by atoms with Crippen LogP contribution in [0.4, 0.5) is 5.82 Å². The molecule has 1 amide bonds. The third-order valence-electron chi connectivity index (χ3n) is 5.55. The summed E-state index contributed by atoms with van der Waals surface area (Å²) in [6, 6.07) is 9.58. The maximum Gasteiger partial charge on any atom is 0.248 e. The van der Waals surface area contributed by atoms with Gasteiger partial charge >= 0.3 is 0 Å². The average Bonchev–Trinajstić information content (AvgIpc) is 3.46. The summed E-state index contributed by atoms with van der Waals surface area (Å²) in [5.41, 5.74) is 0. The molecule has 0 aliphatic carbocycles. The number of ether oxygens (including phenoxy) is 3. The molecule has 0 bridgehead atoms. The van der Waals surface area contributed by atoms with Crippen LogP contribution in [0.5, 0.6) is 17.4 Å². The van der Waals surface area contributed by atoms with E-state index in [1.54, 1.807) is 47.4 Å². The molecule has 10 heteroatoms. The first-order valence-corrected chi connectivity index (χ1v) is 12.0. The molecule has 0 saturated carbocycles. The lowest BCUT2D eigenvalue weighted by Crippen LogP contribution is -2.27. The Morgan fingerprint density at radius 3 is 2.80 bits per heavy atom. The van der Waals surface area contributed by atoms with Crippen LogP contribution in [0.3, 0.4) is 0 Å². The molecule has 188 valence electrons. The van der Waals surface area contributed by atoms with Crippen molar-refractivity contribution in [3.05, 3.63) is 53.8 Å². The van der Waals surface area contributed by atoms with Crippen LogP contribution in [-0.4, -0.2) is 43.9 Å². The standard InChI is InChI=1S/C25H31ClN4O5/c1-16(2)11-20(30-14-17(12-23(30)31)34-21-8-6-5-7-19(21)26)24(32)27-22-9-10-29(28-22)13-18-15-33-25(3,4)35-18/h5-10,12,14,16,18,20,31H,11,13,15H2,1-4H3,(H,27,28,32)/t18-,20-/m0/s1. The second-order valence-electron chi connectivity index (χ2n) is 9.48. The molecule has 9 nitrogen and oxygen atoms in total. The van der Waals surface area contributed by atoms with Crippen molar-refractivity contribution in [2.75, 3.05) is 11.9 Å². The van der Waals surface area contributed by atoms with Gasteiger partial charge in [0.1, 0.15) is 23.6 Å². The van der Waals surface area contributed by atoms with Crippen molar-refractivity contribution in [2.45, 2.75) is 58.6 Å². The van der Waals surface area contributed by atoms with Crippen LogP contribution in [0.2, 0.25) is 5.02 Å². The largest absolute Gasteiger partial charge is 0.494 e. The smallest absolute Gasteiger partial charge is 0.248 e. The predicted molar refractivity (Wildman–Crippen MR) is 132 cm³/mol. The van der Waals surface area contributed by atoms with Crippen molar-refractivity contribution in [3.8, 4) is 17.4 Å². The van der Waals surface area contributed by atoms with E-state index >= 15 is 0 Å². The quantitative estimate of drug-likeness (QED) is 0.416. The molecule has 3 heterocycles. The highest BCUT2D eigenvalue weighted by Gasteiger charge is 2.33. The summed E-state index contributed by atoms with van der Waals surface area (Å²) >= 11 is 6.18. The first kappa shape index (κ1) is 25.1. The van der Waals surface area contributed by atoms with Gasteiger partial charge in [0.25, 0.3) is 0 Å². The third kappa shape index (κ3) is 6.36. The second kappa shape index (κ2) is 10.3. The SMILES string of the molecule is CC(C)C[C@@H](C(=O)Nc1ccn(C[C@H]2COC(C)(C)O2)n1)n1cc(Oc2ccccc2Cl)cc1O. The number of carbonyl (C=O) groups is 1. The van der Waals surface area contributed by atoms with Crippen LogP contribution in [0, 0.1) is 5.92 Å². The van der Waals surface area contributed by atoms with E-state index in [0.717, 1.165) is 0 Å². The van der Waals surface area contributed by atoms with Crippen molar-refractivity contribution >= 4 is 23.3 Å². The van der Waals surface area contributed by atoms with Crippen LogP contribution in [0.1, 0.15) is 40.2 Å². The fourth-order valence-corrected chi connectivity index (χ4v) is 4.17. The fourth-order valence-electron chi connectivity index (χ4n) is 4.00. The summed E-state index contributed by atoms with van der Waals surface area (Å²) in [7, 11) is 0. The van der Waals surface area contributed by atoms with Crippen LogP contribution in [-0.2, 0) is 20.8 Å². The first-order chi connectivity index (χ1) is 16.6. The van der Waals surface area contributed by atoms with E-state index in [9.17, 15) is 9.90 Å². The number of rotatable bonds is 9. The lowest BCUT2D eigenvalue weighted by atomic mass is 10.0. The number of hydrogen-bond donors (Lipinski definition) is 2. The number of hydrogen-bond acceptors (Lipinski definition) is 6. The molecule has 0 unspecified atom stereocenters. The Hall–Kier alpha value is -3.01. The molecule has 1 aliphatic heterocycles. The molecule has 1 saturated heterocycles. The highest BCUT2D eigenvalue weighted by Crippen LogP contribution is 2.34. The van der Waals surface area contributed by atoms with E-state index in [1.165, 1.54) is 10.6 Å². The summed E-state index contributed by atoms with van der Waals surface area (Å²) in [5, 5.41) is 18.4. The normalized spacial score (nSPS) is 18.1. The maximum atomic E-state index is 13.3. The van der Waals surface area contributed by atoms with Crippen molar-refractivity contribution in [2.24, 2.45) is 5.92 Å². The number of nitrogens with one attached hydrogen (secondary N) is 1. The van der Waals surface area contributed by atoms with E-state index in [2.05, 4.69) is 10.4 Å². The van der Waals surface area contributed by atoms with Gasteiger partial charge in [-0.1, -0.05) is 37.6 Å².